The number of hydrogen-bond acceptors (Lipinski definition) is 1. The summed E-state index contributed by atoms with van der Waals surface area (Å²) in [5.74, 6) is 0. The Hall–Kier alpha value is -6.70. The van der Waals surface area contributed by atoms with Gasteiger partial charge in [-0.3, -0.25) is 0 Å². The minimum absolute atomic E-state index is 0.127. The van der Waals surface area contributed by atoms with E-state index in [1.165, 1.54) is 88.9 Å². The molecule has 1 nitrogen and oxygen atoms in total. The summed E-state index contributed by atoms with van der Waals surface area (Å²) in [5.41, 5.74) is 18.8. The lowest BCUT2D eigenvalue weighted by molar-refractivity contribution is 0.660. The van der Waals surface area contributed by atoms with Gasteiger partial charge in [0.25, 0.3) is 0 Å². The number of anilines is 3. The third kappa shape index (κ3) is 4.95. The van der Waals surface area contributed by atoms with Crippen molar-refractivity contribution in [3.63, 3.8) is 0 Å². The molecule has 0 fully saturated rings. The predicted molar refractivity (Wildman–Crippen MR) is 240 cm³/mol. The van der Waals surface area contributed by atoms with Crippen LogP contribution in [0.2, 0.25) is 0 Å². The first kappa shape index (κ1) is 33.6. The number of allylic oxidation sites excluding steroid dienone is 4. The lowest BCUT2D eigenvalue weighted by Crippen LogP contribution is -2.28. The summed E-state index contributed by atoms with van der Waals surface area (Å²) in [7, 11) is 0. The molecule has 8 aromatic carbocycles. The topological polar surface area (TPSA) is 3.24 Å². The quantitative estimate of drug-likeness (QED) is 0.165. The lowest BCUT2D eigenvalue weighted by Gasteiger charge is -2.34. The summed E-state index contributed by atoms with van der Waals surface area (Å²) in [6.45, 7) is 4.76. The molecule has 0 aliphatic heterocycles. The number of hydrogen-bond donors (Lipinski definition) is 0. The first-order valence-corrected chi connectivity index (χ1v) is 20.3. The Morgan fingerprint density at radius 1 is 0.474 bits per heavy atom. The van der Waals surface area contributed by atoms with Crippen LogP contribution in [0.5, 0.6) is 0 Å². The van der Waals surface area contributed by atoms with Crippen LogP contribution >= 0.6 is 0 Å². The van der Waals surface area contributed by atoms with Gasteiger partial charge >= 0.3 is 0 Å². The summed E-state index contributed by atoms with van der Waals surface area (Å²) in [4.78, 5) is 2.55. The molecular weight excluding hydrogens is 687 g/mol. The molecule has 0 saturated carbocycles. The van der Waals surface area contributed by atoms with E-state index in [1.54, 1.807) is 0 Å². The summed E-state index contributed by atoms with van der Waals surface area (Å²) in [6, 6.07) is 68.3. The SMILES string of the molecule is CC1(C)c2ccccc2-c2ccc(N(c3ccc4c(c3)-c3ccccc3C4(c3ccccc3)c3ccccc3)c3ccc4ccccc4c3C3=CC=CCC3)cc21. The zero-order valence-electron chi connectivity index (χ0n) is 32.4. The zero-order valence-corrected chi connectivity index (χ0v) is 32.4. The largest absolute Gasteiger partial charge is 0.310 e. The van der Waals surface area contributed by atoms with E-state index in [0.717, 1.165) is 18.5 Å². The molecule has 0 bridgehead atoms. The summed E-state index contributed by atoms with van der Waals surface area (Å²) < 4.78 is 0. The molecule has 8 aromatic rings. The van der Waals surface area contributed by atoms with Crippen molar-refractivity contribution in [3.8, 4) is 22.3 Å². The van der Waals surface area contributed by atoms with Crippen LogP contribution in [0, 0.1) is 0 Å². The molecule has 0 radical (unpaired) electrons. The molecule has 0 unspecified atom stereocenters. The molecule has 0 N–H and O–H groups in total. The second-order valence-corrected chi connectivity index (χ2v) is 16.3. The predicted octanol–water partition coefficient (Wildman–Crippen LogP) is 14.7. The average Bonchev–Trinajstić information content (AvgIpc) is 3.70. The number of fused-ring (bicyclic) bond motifs is 7. The van der Waals surface area contributed by atoms with E-state index in [0.29, 0.717) is 0 Å². The third-order valence-corrected chi connectivity index (χ3v) is 13.0. The van der Waals surface area contributed by atoms with Gasteiger partial charge in [0, 0.05) is 22.4 Å². The molecule has 0 saturated heterocycles. The summed E-state index contributed by atoms with van der Waals surface area (Å²) in [5, 5.41) is 2.55. The molecule has 0 amide bonds. The van der Waals surface area contributed by atoms with Crippen molar-refractivity contribution in [2.24, 2.45) is 0 Å². The number of benzene rings is 8. The maximum absolute atomic E-state index is 2.55. The van der Waals surface area contributed by atoms with E-state index in [1.807, 2.05) is 0 Å². The number of rotatable bonds is 6. The third-order valence-electron chi connectivity index (χ3n) is 13.0. The van der Waals surface area contributed by atoms with Gasteiger partial charge < -0.3 is 4.90 Å². The standard InChI is InChI=1S/C56H43N/c1-55(2)49-28-16-14-26-45(49)47-33-31-43(37-52(47)55)57(53-35-30-38-18-12-13-25-44(38)54(53)39-19-6-3-7-20-39)42-32-34-51-48(36-42)46-27-15-17-29-50(46)56(51,40-21-8-4-9-22-40)41-23-10-5-11-24-41/h3-6,8-19,21-37H,7,20H2,1-2H3. The monoisotopic (exact) mass is 729 g/mol. The zero-order chi connectivity index (χ0) is 38.1. The first-order chi connectivity index (χ1) is 28.0. The van der Waals surface area contributed by atoms with E-state index in [4.69, 9.17) is 0 Å². The van der Waals surface area contributed by atoms with Crippen LogP contribution in [-0.4, -0.2) is 0 Å². The minimum Gasteiger partial charge on any atom is -0.310 e. The maximum Gasteiger partial charge on any atom is 0.0713 e. The first-order valence-electron chi connectivity index (χ1n) is 20.3. The fourth-order valence-electron chi connectivity index (χ4n) is 10.4. The molecule has 3 aliphatic carbocycles. The molecule has 0 atom stereocenters. The van der Waals surface area contributed by atoms with Crippen LogP contribution in [0.1, 0.15) is 65.6 Å². The van der Waals surface area contributed by atoms with Gasteiger partial charge in [0.05, 0.1) is 11.1 Å². The van der Waals surface area contributed by atoms with Gasteiger partial charge in [-0.05, 0) is 115 Å². The van der Waals surface area contributed by atoms with Gasteiger partial charge in [0.2, 0.25) is 0 Å². The molecule has 0 aromatic heterocycles. The molecule has 272 valence electrons. The average molecular weight is 730 g/mol. The molecule has 0 heterocycles. The smallest absolute Gasteiger partial charge is 0.0713 e. The molecule has 11 rings (SSSR count). The van der Waals surface area contributed by atoms with Crippen LogP contribution < -0.4 is 4.90 Å². The van der Waals surface area contributed by atoms with E-state index in [-0.39, 0.29) is 5.41 Å². The molecule has 0 spiro atoms. The summed E-state index contributed by atoms with van der Waals surface area (Å²) in [6.07, 6.45) is 8.91. The van der Waals surface area contributed by atoms with Crippen molar-refractivity contribution < 1.29 is 0 Å². The summed E-state index contributed by atoms with van der Waals surface area (Å²) >= 11 is 0. The Morgan fingerprint density at radius 3 is 1.81 bits per heavy atom. The van der Waals surface area contributed by atoms with Gasteiger partial charge in [0.1, 0.15) is 0 Å². The molecular formula is C56H43N. The van der Waals surface area contributed by atoms with E-state index < -0.39 is 5.41 Å². The normalized spacial score (nSPS) is 15.4. The fraction of sp³-hybridized carbons (Fsp3) is 0.107. The molecule has 3 aliphatic rings. The van der Waals surface area contributed by atoms with Gasteiger partial charge in [-0.25, -0.2) is 0 Å². The van der Waals surface area contributed by atoms with Crippen LogP contribution in [0.3, 0.4) is 0 Å². The highest BCUT2D eigenvalue weighted by atomic mass is 15.1. The second kappa shape index (κ2) is 12.9. The Bertz CT molecular complexity index is 2890. The minimum atomic E-state index is -0.450. The van der Waals surface area contributed by atoms with Gasteiger partial charge in [-0.2, -0.15) is 0 Å². The van der Waals surface area contributed by atoms with Crippen LogP contribution in [0.15, 0.2) is 200 Å². The Kier molecular flexibility index (Phi) is 7.63. The second-order valence-electron chi connectivity index (χ2n) is 16.3. The van der Waals surface area contributed by atoms with Crippen molar-refractivity contribution in [1.82, 2.24) is 0 Å². The van der Waals surface area contributed by atoms with Gasteiger partial charge in [0.15, 0.2) is 0 Å². The van der Waals surface area contributed by atoms with Gasteiger partial charge in [-0.15, -0.1) is 0 Å². The highest BCUT2D eigenvalue weighted by Crippen LogP contribution is 2.58. The molecule has 57 heavy (non-hydrogen) atoms. The number of nitrogens with zero attached hydrogens (tertiary/aromatic N) is 1. The highest BCUT2D eigenvalue weighted by molar-refractivity contribution is 6.03. The Labute approximate surface area is 335 Å². The van der Waals surface area contributed by atoms with Crippen molar-refractivity contribution in [2.45, 2.75) is 37.5 Å². The Morgan fingerprint density at radius 2 is 1.07 bits per heavy atom. The Balaban J connectivity index is 1.20. The van der Waals surface area contributed by atoms with Crippen molar-refractivity contribution >= 4 is 33.4 Å². The molecule has 1 heteroatoms. The van der Waals surface area contributed by atoms with Crippen molar-refractivity contribution in [2.75, 3.05) is 4.90 Å². The van der Waals surface area contributed by atoms with E-state index in [2.05, 4.69) is 219 Å². The van der Waals surface area contributed by atoms with Crippen LogP contribution in [0.4, 0.5) is 17.1 Å². The van der Waals surface area contributed by atoms with Gasteiger partial charge in [-0.1, -0.05) is 184 Å². The van der Waals surface area contributed by atoms with E-state index in [9.17, 15) is 0 Å². The highest BCUT2D eigenvalue weighted by Gasteiger charge is 2.46. The van der Waals surface area contributed by atoms with E-state index >= 15 is 0 Å². The van der Waals surface area contributed by atoms with Crippen LogP contribution in [-0.2, 0) is 10.8 Å². The maximum atomic E-state index is 2.55. The fourth-order valence-corrected chi connectivity index (χ4v) is 10.4. The lowest BCUT2D eigenvalue weighted by atomic mass is 9.68. The van der Waals surface area contributed by atoms with Crippen molar-refractivity contribution in [3.05, 3.63) is 239 Å². The van der Waals surface area contributed by atoms with Crippen molar-refractivity contribution in [1.29, 1.82) is 0 Å². The van der Waals surface area contributed by atoms with Crippen LogP contribution in [0.25, 0.3) is 38.6 Å².